The topological polar surface area (TPSA) is 86.8 Å². The normalized spacial score (nSPS) is 13.2. The average molecular weight is 536 g/mol. The fourth-order valence-corrected chi connectivity index (χ4v) is 4.94. The minimum Gasteiger partial charge on any atom is -0.352 e. The Hall–Kier alpha value is -2.58. The Morgan fingerprint density at radius 1 is 0.972 bits per heavy atom. The van der Waals surface area contributed by atoms with Gasteiger partial charge in [0.2, 0.25) is 21.8 Å². The van der Waals surface area contributed by atoms with Crippen LogP contribution in [0.15, 0.2) is 48.5 Å². The molecular formula is C27H38ClN3O4S. The van der Waals surface area contributed by atoms with Crippen molar-refractivity contribution in [1.29, 1.82) is 0 Å². The number of nitrogens with zero attached hydrogens (tertiary/aromatic N) is 2. The van der Waals surface area contributed by atoms with E-state index >= 15 is 0 Å². The van der Waals surface area contributed by atoms with Gasteiger partial charge in [0.1, 0.15) is 12.6 Å². The Kier molecular flexibility index (Phi) is 10.8. The van der Waals surface area contributed by atoms with Crippen LogP contribution in [0.5, 0.6) is 0 Å². The predicted octanol–water partition coefficient (Wildman–Crippen LogP) is 4.95. The number of carbonyl (C=O) groups is 2. The number of para-hydroxylation sites is 1. The van der Waals surface area contributed by atoms with E-state index in [1.54, 1.807) is 36.4 Å². The number of nitrogens with one attached hydrogen (secondary N) is 1. The van der Waals surface area contributed by atoms with Gasteiger partial charge < -0.3 is 10.2 Å². The summed E-state index contributed by atoms with van der Waals surface area (Å²) in [6, 6.07) is 13.4. The molecule has 0 aliphatic rings. The summed E-state index contributed by atoms with van der Waals surface area (Å²) in [6.45, 7) is 9.39. The monoisotopic (exact) mass is 535 g/mol. The lowest BCUT2D eigenvalue weighted by Crippen LogP contribution is -2.53. The number of carbonyl (C=O) groups excluding carboxylic acids is 2. The van der Waals surface area contributed by atoms with Crippen molar-refractivity contribution in [3.63, 3.8) is 0 Å². The number of halogens is 1. The van der Waals surface area contributed by atoms with Gasteiger partial charge in [-0.05, 0) is 55.0 Å². The molecule has 0 spiro atoms. The van der Waals surface area contributed by atoms with Crippen molar-refractivity contribution in [1.82, 2.24) is 10.2 Å². The van der Waals surface area contributed by atoms with Crippen LogP contribution in [0, 0.1) is 0 Å². The first-order valence-corrected chi connectivity index (χ1v) is 14.5. The van der Waals surface area contributed by atoms with Crippen molar-refractivity contribution >= 4 is 39.1 Å². The summed E-state index contributed by atoms with van der Waals surface area (Å²) >= 11 is 6.03. The Balaban J connectivity index is 2.49. The molecule has 0 aliphatic carbocycles. The minimum atomic E-state index is -3.79. The molecule has 2 rings (SSSR count). The summed E-state index contributed by atoms with van der Waals surface area (Å²) in [5, 5.41) is 3.53. The summed E-state index contributed by atoms with van der Waals surface area (Å²) in [7, 11) is -3.79. The average Bonchev–Trinajstić information content (AvgIpc) is 2.82. The Morgan fingerprint density at radius 2 is 1.58 bits per heavy atom. The highest BCUT2D eigenvalue weighted by Gasteiger charge is 2.32. The first-order chi connectivity index (χ1) is 16.9. The van der Waals surface area contributed by atoms with Gasteiger partial charge in [0.05, 0.1) is 11.9 Å². The van der Waals surface area contributed by atoms with Crippen LogP contribution >= 0.6 is 11.6 Å². The maximum Gasteiger partial charge on any atom is 0.244 e. The van der Waals surface area contributed by atoms with Crippen molar-refractivity contribution in [3.05, 3.63) is 64.7 Å². The molecule has 36 heavy (non-hydrogen) atoms. The predicted molar refractivity (Wildman–Crippen MR) is 147 cm³/mol. The molecule has 2 amide bonds. The van der Waals surface area contributed by atoms with Gasteiger partial charge in [-0.25, -0.2) is 8.42 Å². The number of benzene rings is 2. The number of hydrogen-bond donors (Lipinski definition) is 1. The summed E-state index contributed by atoms with van der Waals surface area (Å²) in [4.78, 5) is 28.4. The number of sulfonamides is 1. The van der Waals surface area contributed by atoms with Gasteiger partial charge in [0.15, 0.2) is 0 Å². The summed E-state index contributed by atoms with van der Waals surface area (Å²) in [6.07, 6.45) is 2.22. The third-order valence-corrected chi connectivity index (χ3v) is 7.54. The zero-order valence-corrected chi connectivity index (χ0v) is 23.6. The lowest BCUT2D eigenvalue weighted by Gasteiger charge is -2.34. The van der Waals surface area contributed by atoms with E-state index in [1.807, 2.05) is 46.8 Å². The molecule has 0 aromatic heterocycles. The van der Waals surface area contributed by atoms with Crippen LogP contribution in [0.2, 0.25) is 5.02 Å². The minimum absolute atomic E-state index is 0.0513. The van der Waals surface area contributed by atoms with Crippen LogP contribution in [0.3, 0.4) is 0 Å². The highest BCUT2D eigenvalue weighted by Crippen LogP contribution is 2.29. The smallest absolute Gasteiger partial charge is 0.244 e. The van der Waals surface area contributed by atoms with E-state index in [2.05, 4.69) is 5.32 Å². The van der Waals surface area contributed by atoms with Crippen LogP contribution in [-0.2, 0) is 26.2 Å². The van der Waals surface area contributed by atoms with E-state index < -0.39 is 28.5 Å². The van der Waals surface area contributed by atoms with Crippen LogP contribution < -0.4 is 9.62 Å². The standard InChI is InChI=1S/C27H38ClN3O4S/c1-7-20(5)29-27(33)24(8-2)30(17-21-13-15-22(28)16-14-21)26(32)18-31(36(6,34)35)25-12-10-9-11-23(25)19(3)4/h9-16,19-20,24H,7-8,17-18H2,1-6H3,(H,29,33)/t20-,24+/m0/s1. The van der Waals surface area contributed by atoms with E-state index in [1.165, 1.54) is 4.90 Å². The molecule has 0 saturated heterocycles. The molecule has 2 aromatic carbocycles. The van der Waals surface area contributed by atoms with Crippen molar-refractivity contribution < 1.29 is 18.0 Å². The number of anilines is 1. The molecule has 2 atom stereocenters. The third-order valence-electron chi connectivity index (χ3n) is 6.16. The fourth-order valence-electron chi connectivity index (χ4n) is 3.94. The molecule has 0 bridgehead atoms. The molecule has 0 aliphatic heterocycles. The highest BCUT2D eigenvalue weighted by molar-refractivity contribution is 7.92. The first-order valence-electron chi connectivity index (χ1n) is 12.3. The molecule has 0 unspecified atom stereocenters. The van der Waals surface area contributed by atoms with Crippen molar-refractivity contribution in [2.45, 2.75) is 72.0 Å². The Labute approximate surface area is 220 Å². The molecular weight excluding hydrogens is 498 g/mol. The number of hydrogen-bond acceptors (Lipinski definition) is 4. The van der Waals surface area contributed by atoms with Crippen LogP contribution in [0.25, 0.3) is 0 Å². The highest BCUT2D eigenvalue weighted by atomic mass is 35.5. The van der Waals surface area contributed by atoms with Gasteiger partial charge in [-0.2, -0.15) is 0 Å². The maximum absolute atomic E-state index is 13.8. The van der Waals surface area contributed by atoms with E-state index in [4.69, 9.17) is 11.6 Å². The van der Waals surface area contributed by atoms with Gasteiger partial charge >= 0.3 is 0 Å². The quantitative estimate of drug-likeness (QED) is 0.416. The van der Waals surface area contributed by atoms with E-state index in [9.17, 15) is 18.0 Å². The molecule has 1 N–H and O–H groups in total. The molecule has 9 heteroatoms. The summed E-state index contributed by atoms with van der Waals surface area (Å²) < 4.78 is 26.9. The van der Waals surface area contributed by atoms with Gasteiger partial charge in [-0.3, -0.25) is 13.9 Å². The third kappa shape index (κ3) is 7.96. The zero-order valence-electron chi connectivity index (χ0n) is 22.0. The molecule has 0 fully saturated rings. The second kappa shape index (κ2) is 13.1. The second-order valence-corrected chi connectivity index (χ2v) is 11.7. The van der Waals surface area contributed by atoms with Crippen molar-refractivity contribution in [3.8, 4) is 0 Å². The van der Waals surface area contributed by atoms with Gasteiger partial charge in [0.25, 0.3) is 0 Å². The van der Waals surface area contributed by atoms with Crippen LogP contribution in [0.1, 0.15) is 64.5 Å². The molecule has 0 heterocycles. The SMILES string of the molecule is CC[C@H](C(=O)N[C@@H](C)CC)N(Cc1ccc(Cl)cc1)C(=O)CN(c1ccccc1C(C)C)S(C)(=O)=O. The van der Waals surface area contributed by atoms with Gasteiger partial charge in [-0.15, -0.1) is 0 Å². The lowest BCUT2D eigenvalue weighted by molar-refractivity contribution is -0.140. The molecule has 2 aromatic rings. The second-order valence-electron chi connectivity index (χ2n) is 9.37. The molecule has 198 valence electrons. The fraction of sp³-hybridized carbons (Fsp3) is 0.481. The summed E-state index contributed by atoms with van der Waals surface area (Å²) in [5.74, 6) is -0.668. The number of rotatable bonds is 12. The van der Waals surface area contributed by atoms with Crippen LogP contribution in [-0.4, -0.2) is 50.0 Å². The van der Waals surface area contributed by atoms with Gasteiger partial charge in [0, 0.05) is 17.6 Å². The van der Waals surface area contributed by atoms with E-state index in [0.717, 1.165) is 28.1 Å². The Morgan fingerprint density at radius 3 is 2.11 bits per heavy atom. The molecule has 0 radical (unpaired) electrons. The largest absolute Gasteiger partial charge is 0.352 e. The summed E-state index contributed by atoms with van der Waals surface area (Å²) in [5.41, 5.74) is 2.07. The maximum atomic E-state index is 13.8. The Bertz CT molecular complexity index is 1140. The van der Waals surface area contributed by atoms with E-state index in [-0.39, 0.29) is 24.4 Å². The van der Waals surface area contributed by atoms with Crippen LogP contribution in [0.4, 0.5) is 5.69 Å². The zero-order chi connectivity index (χ0) is 27.0. The molecule has 0 saturated carbocycles. The first kappa shape index (κ1) is 29.6. The molecule has 7 nitrogen and oxygen atoms in total. The van der Waals surface area contributed by atoms with E-state index in [0.29, 0.717) is 17.1 Å². The van der Waals surface area contributed by atoms with Gasteiger partial charge in [-0.1, -0.05) is 69.6 Å². The number of amides is 2. The lowest BCUT2D eigenvalue weighted by atomic mass is 10.0. The van der Waals surface area contributed by atoms with Crippen molar-refractivity contribution in [2.75, 3.05) is 17.1 Å². The van der Waals surface area contributed by atoms with Crippen molar-refractivity contribution in [2.24, 2.45) is 0 Å².